The topological polar surface area (TPSA) is 151 Å². The van der Waals surface area contributed by atoms with Gasteiger partial charge in [-0.25, -0.2) is 26.4 Å². The van der Waals surface area contributed by atoms with Gasteiger partial charge in [0.1, 0.15) is 13.2 Å². The summed E-state index contributed by atoms with van der Waals surface area (Å²) in [6, 6.07) is 11.6. The molecule has 0 aromatic heterocycles. The molecule has 12 nitrogen and oxygen atoms in total. The highest BCUT2D eigenvalue weighted by Crippen LogP contribution is 2.37. The van der Waals surface area contributed by atoms with Crippen LogP contribution in [-0.4, -0.2) is 85.0 Å². The average molecular weight is 875 g/mol. The van der Waals surface area contributed by atoms with Crippen LogP contribution in [0.1, 0.15) is 153 Å². The van der Waals surface area contributed by atoms with Gasteiger partial charge < -0.3 is 19.3 Å². The number of nitrogens with one attached hydrogen (secondary N) is 2. The van der Waals surface area contributed by atoms with Crippen molar-refractivity contribution < 1.29 is 35.9 Å². The van der Waals surface area contributed by atoms with Crippen LogP contribution in [0.4, 0.5) is 32.3 Å². The first-order valence-corrected chi connectivity index (χ1v) is 26.6. The fraction of sp³-hybridized carbons (Fsp3) is 0.696. The number of fused-ring (bicyclic) bond motifs is 2. The monoisotopic (exact) mass is 874 g/mol. The Bertz CT molecular complexity index is 1840. The molecule has 2 aromatic carbocycles. The molecule has 0 bridgehead atoms. The van der Waals surface area contributed by atoms with Crippen LogP contribution < -0.4 is 20.4 Å². The van der Waals surface area contributed by atoms with Gasteiger partial charge in [-0.2, -0.15) is 0 Å². The Morgan fingerprint density at radius 2 is 1.10 bits per heavy atom. The van der Waals surface area contributed by atoms with E-state index in [1.807, 2.05) is 36.4 Å². The van der Waals surface area contributed by atoms with Crippen LogP contribution in [0.2, 0.25) is 0 Å². The molecule has 14 heteroatoms. The van der Waals surface area contributed by atoms with Crippen LogP contribution in [0, 0.1) is 0 Å². The number of sulfone groups is 2. The van der Waals surface area contributed by atoms with Gasteiger partial charge in [0.25, 0.3) is 0 Å². The average Bonchev–Trinajstić information content (AvgIpc) is 3.20. The predicted octanol–water partition coefficient (Wildman–Crippen LogP) is 10.6. The van der Waals surface area contributed by atoms with E-state index in [-0.39, 0.29) is 0 Å². The number of hydrogen-bond acceptors (Lipinski definition) is 10. The Labute approximate surface area is 361 Å². The van der Waals surface area contributed by atoms with Crippen molar-refractivity contribution >= 4 is 54.6 Å². The Morgan fingerprint density at radius 1 is 0.633 bits per heavy atom. The Balaban J connectivity index is 1.12. The number of benzene rings is 2. The van der Waals surface area contributed by atoms with E-state index < -0.39 is 61.7 Å². The molecule has 338 valence electrons. The van der Waals surface area contributed by atoms with Gasteiger partial charge in [-0.1, -0.05) is 111 Å². The summed E-state index contributed by atoms with van der Waals surface area (Å²) in [7, 11) is -8.27. The summed E-state index contributed by atoms with van der Waals surface area (Å²) in [4.78, 5) is 29.9. The molecule has 0 radical (unpaired) electrons. The third-order valence-corrected chi connectivity index (χ3v) is 16.1. The number of nitrogens with zero attached hydrogens (tertiary/aromatic N) is 2. The summed E-state index contributed by atoms with van der Waals surface area (Å²) in [5, 5.41) is 4.20. The van der Waals surface area contributed by atoms with E-state index in [0.717, 1.165) is 69.4 Å². The fourth-order valence-corrected chi connectivity index (χ4v) is 12.1. The first-order valence-electron chi connectivity index (χ1n) is 22.9. The lowest BCUT2D eigenvalue weighted by Gasteiger charge is -2.35. The van der Waals surface area contributed by atoms with Crippen LogP contribution in [0.15, 0.2) is 36.4 Å². The zero-order chi connectivity index (χ0) is 43.2. The molecule has 0 aliphatic carbocycles. The smallest absolute Gasteiger partial charge is 0.411 e. The maximum atomic E-state index is 12.7. The molecular formula is C46H74N4O8S2. The summed E-state index contributed by atoms with van der Waals surface area (Å²) in [5.74, 6) is -0.994. The van der Waals surface area contributed by atoms with E-state index >= 15 is 0 Å². The van der Waals surface area contributed by atoms with Crippen LogP contribution in [0.5, 0.6) is 0 Å². The molecule has 1 unspecified atom stereocenters. The van der Waals surface area contributed by atoms with E-state index in [1.54, 1.807) is 0 Å². The van der Waals surface area contributed by atoms with Gasteiger partial charge in [0.2, 0.25) is 0 Å². The highest BCUT2D eigenvalue weighted by atomic mass is 32.3. The number of anilines is 4. The SMILES string of the molecule is CCCCCCCCCCN1CCCc2cc(NC(=O)OCCS(=O)(=O)CS(=O)(=O)CCOC(=O)Nc3ccc4c(c3)C(C)CCN4CCCCCCCCCC)ccc21. The minimum Gasteiger partial charge on any atom is -0.448 e. The van der Waals surface area contributed by atoms with Crippen LogP contribution in [0.25, 0.3) is 0 Å². The van der Waals surface area contributed by atoms with Crippen molar-refractivity contribution in [2.75, 3.05) is 76.4 Å². The van der Waals surface area contributed by atoms with Crippen LogP contribution in [0.3, 0.4) is 0 Å². The minimum atomic E-state index is -4.14. The highest BCUT2D eigenvalue weighted by molar-refractivity contribution is 8.08. The molecule has 2 heterocycles. The standard InChI is InChI=1S/C46H74N4O8S2/c1-4-6-8-10-12-14-16-18-27-49-29-20-21-39-35-40(22-24-43(39)49)47-45(51)57-31-33-59(53,54)37-60(55,56)34-32-58-46(52)48-41-23-25-44-42(36-41)38(3)26-30-50(44)28-19-17-15-13-11-9-7-5-2/h22-25,35-36,38H,4-21,26-34,37H2,1-3H3,(H,47,51)(H,48,52). The van der Waals surface area contributed by atoms with Crippen molar-refractivity contribution in [2.24, 2.45) is 0 Å². The molecular weight excluding hydrogens is 801 g/mol. The lowest BCUT2D eigenvalue weighted by molar-refractivity contribution is 0.167. The molecule has 0 fully saturated rings. The van der Waals surface area contributed by atoms with Gasteiger partial charge in [-0.3, -0.25) is 10.6 Å². The highest BCUT2D eigenvalue weighted by Gasteiger charge is 2.25. The molecule has 60 heavy (non-hydrogen) atoms. The molecule has 2 aliphatic rings. The summed E-state index contributed by atoms with van der Waals surface area (Å²) < 4.78 is 60.9. The number of rotatable bonds is 28. The predicted molar refractivity (Wildman–Crippen MR) is 246 cm³/mol. The molecule has 2 N–H and O–H groups in total. The normalized spacial score (nSPS) is 15.3. The van der Waals surface area contributed by atoms with Gasteiger partial charge in [-0.15, -0.1) is 0 Å². The number of ether oxygens (including phenoxy) is 2. The zero-order valence-electron chi connectivity index (χ0n) is 36.8. The Hall–Kier alpha value is -3.52. The minimum absolute atomic E-state index is 0.328. The van der Waals surface area contributed by atoms with E-state index in [1.165, 1.54) is 101 Å². The lowest BCUT2D eigenvalue weighted by atomic mass is 9.91. The number of carbonyl (C=O) groups excluding carboxylic acids is 2. The van der Waals surface area contributed by atoms with Gasteiger partial charge in [-0.05, 0) is 85.5 Å². The van der Waals surface area contributed by atoms with Crippen molar-refractivity contribution in [1.29, 1.82) is 0 Å². The zero-order valence-corrected chi connectivity index (χ0v) is 38.5. The van der Waals surface area contributed by atoms with Crippen LogP contribution >= 0.6 is 0 Å². The van der Waals surface area contributed by atoms with E-state index in [0.29, 0.717) is 17.3 Å². The van der Waals surface area contributed by atoms with E-state index in [9.17, 15) is 26.4 Å². The largest absolute Gasteiger partial charge is 0.448 e. The van der Waals surface area contributed by atoms with Gasteiger partial charge in [0.15, 0.2) is 24.8 Å². The summed E-state index contributed by atoms with van der Waals surface area (Å²) in [6.07, 6.45) is 21.7. The number of hydrogen-bond donors (Lipinski definition) is 2. The first-order chi connectivity index (χ1) is 28.9. The first kappa shape index (κ1) is 49.1. The number of unbranched alkanes of at least 4 members (excludes halogenated alkanes) is 14. The lowest BCUT2D eigenvalue weighted by Crippen LogP contribution is -2.31. The van der Waals surface area contributed by atoms with Crippen molar-refractivity contribution in [3.63, 3.8) is 0 Å². The van der Waals surface area contributed by atoms with E-state index in [4.69, 9.17) is 9.47 Å². The maximum Gasteiger partial charge on any atom is 0.411 e. The van der Waals surface area contributed by atoms with Crippen molar-refractivity contribution in [3.05, 3.63) is 47.5 Å². The second-order valence-electron chi connectivity index (χ2n) is 16.9. The Morgan fingerprint density at radius 3 is 1.63 bits per heavy atom. The summed E-state index contributed by atoms with van der Waals surface area (Å²) in [6.45, 7) is 9.67. The molecule has 0 spiro atoms. The van der Waals surface area contributed by atoms with Crippen molar-refractivity contribution in [2.45, 2.75) is 149 Å². The molecule has 1 atom stereocenters. The van der Waals surface area contributed by atoms with Gasteiger partial charge >= 0.3 is 12.2 Å². The number of carbonyl (C=O) groups is 2. The maximum absolute atomic E-state index is 12.7. The third-order valence-electron chi connectivity index (χ3n) is 11.7. The van der Waals surface area contributed by atoms with Gasteiger partial charge in [0.05, 0.1) is 11.5 Å². The van der Waals surface area contributed by atoms with Crippen LogP contribution in [-0.2, 0) is 35.6 Å². The van der Waals surface area contributed by atoms with E-state index in [2.05, 4.69) is 41.2 Å². The summed E-state index contributed by atoms with van der Waals surface area (Å²) in [5.41, 5.74) is 5.77. The number of aryl methyl sites for hydroxylation is 1. The third kappa shape index (κ3) is 17.8. The Kier molecular flexibility index (Phi) is 21.3. The molecule has 2 aromatic rings. The molecule has 0 saturated carbocycles. The molecule has 2 amide bonds. The number of amides is 2. The quantitative estimate of drug-likeness (QED) is 0.0791. The molecule has 2 aliphatic heterocycles. The second-order valence-corrected chi connectivity index (χ2v) is 21.6. The van der Waals surface area contributed by atoms with Crippen molar-refractivity contribution in [1.82, 2.24) is 0 Å². The van der Waals surface area contributed by atoms with Gasteiger partial charge in [0, 0.05) is 48.9 Å². The fourth-order valence-electron chi connectivity index (χ4n) is 8.25. The van der Waals surface area contributed by atoms with Crippen molar-refractivity contribution in [3.8, 4) is 0 Å². The molecule has 0 saturated heterocycles. The summed E-state index contributed by atoms with van der Waals surface area (Å²) >= 11 is 0. The molecule has 4 rings (SSSR count). The second kappa shape index (κ2) is 26.1.